The van der Waals surface area contributed by atoms with E-state index >= 15 is 0 Å². The zero-order valence-electron chi connectivity index (χ0n) is 21.4. The summed E-state index contributed by atoms with van der Waals surface area (Å²) in [6.07, 6.45) is 9.96. The van der Waals surface area contributed by atoms with Gasteiger partial charge in [-0.1, -0.05) is 40.5 Å². The van der Waals surface area contributed by atoms with Crippen LogP contribution in [-0.2, 0) is 0 Å². The lowest BCUT2D eigenvalue weighted by Gasteiger charge is -2.62. The predicted molar refractivity (Wildman–Crippen MR) is 127 cm³/mol. The molecule has 5 aliphatic rings. The molecule has 1 N–H and O–H groups in total. The highest BCUT2D eigenvalue weighted by molar-refractivity contribution is 5.11. The van der Waals surface area contributed by atoms with Crippen LogP contribution in [0.4, 0.5) is 13.2 Å². The summed E-state index contributed by atoms with van der Waals surface area (Å²) in [4.78, 5) is 0. The second-order valence-corrected chi connectivity index (χ2v) is 14.3. The molecule has 0 bridgehead atoms. The molecule has 0 aliphatic heterocycles. The number of fused-ring (bicyclic) bond motifs is 5. The van der Waals surface area contributed by atoms with Crippen molar-refractivity contribution in [2.24, 2.45) is 51.8 Å². The number of rotatable bonds is 5. The monoisotopic (exact) mass is 468 g/mol. The lowest BCUT2D eigenvalue weighted by molar-refractivity contribution is -0.290. The minimum atomic E-state index is -4.50. The van der Waals surface area contributed by atoms with E-state index in [4.69, 9.17) is 0 Å². The summed E-state index contributed by atoms with van der Waals surface area (Å²) in [6.45, 7) is 9.84. The molecule has 4 heteroatoms. The SMILES string of the molecule is C[C@H](CCCC1(C)CC1)[C@H]1CC[C@H]2[C@@H]3CC[C@H]4C[C@](O)(C(F)(F)F)CC[C@]4(C)[C@H]3CC[C@]12C. The summed E-state index contributed by atoms with van der Waals surface area (Å²) in [5.74, 6) is 3.62. The Kier molecular flexibility index (Phi) is 5.83. The maximum absolute atomic E-state index is 13.6. The Morgan fingerprint density at radius 1 is 0.848 bits per heavy atom. The van der Waals surface area contributed by atoms with Crippen LogP contribution in [0, 0.1) is 51.8 Å². The van der Waals surface area contributed by atoms with E-state index in [1.54, 1.807) is 0 Å². The molecule has 0 amide bonds. The maximum Gasteiger partial charge on any atom is 0.417 e. The minimum Gasteiger partial charge on any atom is -0.380 e. The quantitative estimate of drug-likeness (QED) is 0.428. The molecule has 0 unspecified atom stereocenters. The van der Waals surface area contributed by atoms with Crippen molar-refractivity contribution in [1.29, 1.82) is 0 Å². The molecular formula is C29H47F3O. The standard InChI is InChI=1S/C29H47F3O/c1-19(6-5-12-25(2)14-15-25)22-9-10-23-21-8-7-20-18-28(33,29(30,31)32)17-16-26(20,3)24(21)11-13-27(22,23)4/h19-24,33H,5-18H2,1-4H3/t19-,20+,21+,22-,23+,24+,26+,27-,28+/m1/s1. The van der Waals surface area contributed by atoms with Crippen LogP contribution in [0.2, 0.25) is 0 Å². The van der Waals surface area contributed by atoms with Crippen molar-refractivity contribution in [1.82, 2.24) is 0 Å². The van der Waals surface area contributed by atoms with E-state index in [9.17, 15) is 18.3 Å². The first-order chi connectivity index (χ1) is 15.3. The third-order valence-electron chi connectivity index (χ3n) is 12.6. The van der Waals surface area contributed by atoms with Gasteiger partial charge in [0.25, 0.3) is 0 Å². The molecule has 0 spiro atoms. The third kappa shape index (κ3) is 3.91. The van der Waals surface area contributed by atoms with Gasteiger partial charge in [0.1, 0.15) is 0 Å². The van der Waals surface area contributed by atoms with Gasteiger partial charge >= 0.3 is 6.18 Å². The predicted octanol–water partition coefficient (Wildman–Crippen LogP) is 8.55. The zero-order chi connectivity index (χ0) is 23.9. The number of alkyl halides is 3. The molecule has 0 saturated heterocycles. The van der Waals surface area contributed by atoms with E-state index in [0.29, 0.717) is 29.1 Å². The molecule has 0 aromatic rings. The summed E-state index contributed by atoms with van der Waals surface area (Å²) in [7, 11) is 0. The number of hydrogen-bond acceptors (Lipinski definition) is 1. The second kappa shape index (κ2) is 7.87. The molecule has 0 aromatic heterocycles. The fraction of sp³-hybridized carbons (Fsp3) is 1.00. The summed E-state index contributed by atoms with van der Waals surface area (Å²) in [6, 6.07) is 0. The van der Waals surface area contributed by atoms with Gasteiger partial charge < -0.3 is 5.11 Å². The molecule has 190 valence electrons. The molecule has 5 saturated carbocycles. The first-order valence-electron chi connectivity index (χ1n) is 14.1. The molecular weight excluding hydrogens is 421 g/mol. The number of halogens is 3. The topological polar surface area (TPSA) is 20.2 Å². The average molecular weight is 469 g/mol. The largest absolute Gasteiger partial charge is 0.417 e. The molecule has 5 rings (SSSR count). The van der Waals surface area contributed by atoms with Crippen LogP contribution in [-0.4, -0.2) is 16.9 Å². The summed E-state index contributed by atoms with van der Waals surface area (Å²) in [5.41, 5.74) is -1.40. The van der Waals surface area contributed by atoms with E-state index in [1.165, 1.54) is 57.8 Å². The lowest BCUT2D eigenvalue weighted by atomic mass is 9.43. The molecule has 0 aromatic carbocycles. The van der Waals surface area contributed by atoms with Crippen molar-refractivity contribution in [3.05, 3.63) is 0 Å². The molecule has 33 heavy (non-hydrogen) atoms. The van der Waals surface area contributed by atoms with Crippen LogP contribution >= 0.6 is 0 Å². The highest BCUT2D eigenvalue weighted by Crippen LogP contribution is 2.69. The van der Waals surface area contributed by atoms with E-state index in [0.717, 1.165) is 30.6 Å². The van der Waals surface area contributed by atoms with Crippen molar-refractivity contribution >= 4 is 0 Å². The Labute approximate surface area is 199 Å². The van der Waals surface area contributed by atoms with Gasteiger partial charge in [-0.2, -0.15) is 13.2 Å². The molecule has 9 atom stereocenters. The Bertz CT molecular complexity index is 744. The van der Waals surface area contributed by atoms with E-state index in [2.05, 4.69) is 27.7 Å². The number of hydrogen-bond donors (Lipinski definition) is 1. The van der Waals surface area contributed by atoms with Crippen LogP contribution in [0.3, 0.4) is 0 Å². The van der Waals surface area contributed by atoms with E-state index in [-0.39, 0.29) is 24.2 Å². The first-order valence-corrected chi connectivity index (χ1v) is 14.1. The molecule has 0 heterocycles. The average Bonchev–Trinajstić information content (AvgIpc) is 3.35. The normalized spacial score (nSPS) is 49.6. The van der Waals surface area contributed by atoms with Gasteiger partial charge in [-0.15, -0.1) is 0 Å². The lowest BCUT2D eigenvalue weighted by Crippen LogP contribution is -2.59. The second-order valence-electron chi connectivity index (χ2n) is 14.3. The molecule has 1 nitrogen and oxygen atoms in total. The van der Waals surface area contributed by atoms with Crippen molar-refractivity contribution in [2.75, 3.05) is 0 Å². The maximum atomic E-state index is 13.6. The molecule has 5 fully saturated rings. The van der Waals surface area contributed by atoms with Crippen LogP contribution in [0.15, 0.2) is 0 Å². The highest BCUT2D eigenvalue weighted by atomic mass is 19.4. The van der Waals surface area contributed by atoms with Gasteiger partial charge in [0.05, 0.1) is 0 Å². The number of aliphatic hydroxyl groups is 1. The summed E-state index contributed by atoms with van der Waals surface area (Å²) in [5, 5.41) is 10.4. The fourth-order valence-electron chi connectivity index (χ4n) is 9.99. The van der Waals surface area contributed by atoms with Gasteiger partial charge in [-0.3, -0.25) is 0 Å². The Balaban J connectivity index is 1.27. The van der Waals surface area contributed by atoms with Gasteiger partial charge in [0.15, 0.2) is 5.60 Å². The van der Waals surface area contributed by atoms with Crippen molar-refractivity contribution in [3.63, 3.8) is 0 Å². The van der Waals surface area contributed by atoms with Crippen molar-refractivity contribution in [2.45, 2.75) is 129 Å². The Hall–Kier alpha value is -0.250. The first kappa shape index (κ1) is 24.4. The minimum absolute atomic E-state index is 0.0170. The van der Waals surface area contributed by atoms with Crippen LogP contribution in [0.5, 0.6) is 0 Å². The summed E-state index contributed by atoms with van der Waals surface area (Å²) < 4.78 is 40.8. The molecule has 5 aliphatic carbocycles. The van der Waals surface area contributed by atoms with Gasteiger partial charge in [-0.05, 0) is 129 Å². The zero-order valence-corrected chi connectivity index (χ0v) is 21.4. The van der Waals surface area contributed by atoms with Crippen molar-refractivity contribution in [3.8, 4) is 0 Å². The van der Waals surface area contributed by atoms with E-state index < -0.39 is 11.8 Å². The molecule has 0 radical (unpaired) electrons. The smallest absolute Gasteiger partial charge is 0.380 e. The summed E-state index contributed by atoms with van der Waals surface area (Å²) >= 11 is 0. The van der Waals surface area contributed by atoms with Crippen LogP contribution in [0.1, 0.15) is 118 Å². The van der Waals surface area contributed by atoms with Crippen molar-refractivity contribution < 1.29 is 18.3 Å². The van der Waals surface area contributed by atoms with Crippen LogP contribution in [0.25, 0.3) is 0 Å². The van der Waals surface area contributed by atoms with Crippen LogP contribution < -0.4 is 0 Å². The van der Waals surface area contributed by atoms with Gasteiger partial charge in [-0.25, -0.2) is 0 Å². The highest BCUT2D eigenvalue weighted by Gasteiger charge is 2.65. The van der Waals surface area contributed by atoms with Gasteiger partial charge in [0.2, 0.25) is 0 Å². The Morgan fingerprint density at radius 3 is 2.21 bits per heavy atom. The van der Waals surface area contributed by atoms with E-state index in [1.807, 2.05) is 0 Å². The fourth-order valence-corrected chi connectivity index (χ4v) is 9.99. The van der Waals surface area contributed by atoms with Gasteiger partial charge in [0, 0.05) is 0 Å². The third-order valence-corrected chi connectivity index (χ3v) is 12.6. The Morgan fingerprint density at radius 2 is 1.55 bits per heavy atom.